The van der Waals surface area contributed by atoms with Gasteiger partial charge in [-0.05, 0) is 43.6 Å². The summed E-state index contributed by atoms with van der Waals surface area (Å²) in [6.07, 6.45) is 5.26. The Morgan fingerprint density at radius 3 is 3.10 bits per heavy atom. The Labute approximate surface area is 124 Å². The summed E-state index contributed by atoms with van der Waals surface area (Å²) < 4.78 is 10.2. The fourth-order valence-electron chi connectivity index (χ4n) is 2.60. The van der Waals surface area contributed by atoms with Gasteiger partial charge in [0.1, 0.15) is 6.61 Å². The summed E-state index contributed by atoms with van der Waals surface area (Å²) in [7, 11) is 1.61. The third kappa shape index (κ3) is 4.49. The number of nitrogens with zero attached hydrogens (tertiary/aromatic N) is 1. The topological polar surface area (TPSA) is 38.8 Å². The summed E-state index contributed by atoms with van der Waals surface area (Å²) in [4.78, 5) is 15.4. The first-order valence-electron chi connectivity index (χ1n) is 7.26. The number of hydrogen-bond donors (Lipinski definition) is 0. The number of ether oxygens (including phenoxy) is 2. The third-order valence-corrected chi connectivity index (χ3v) is 4.61. The quantitative estimate of drug-likeness (QED) is 0.756. The molecule has 0 spiro atoms. The van der Waals surface area contributed by atoms with E-state index >= 15 is 0 Å². The van der Waals surface area contributed by atoms with Crippen LogP contribution in [0.1, 0.15) is 30.6 Å². The molecule has 0 aliphatic carbocycles. The van der Waals surface area contributed by atoms with Crippen LogP contribution in [-0.2, 0) is 15.9 Å². The first kappa shape index (κ1) is 15.3. The molecule has 0 saturated carbocycles. The van der Waals surface area contributed by atoms with Crippen molar-refractivity contribution in [1.82, 2.24) is 4.90 Å². The average Bonchev–Trinajstić information content (AvgIpc) is 2.99. The molecule has 5 heteroatoms. The van der Waals surface area contributed by atoms with Crippen LogP contribution in [0.3, 0.4) is 0 Å². The molecule has 112 valence electrons. The molecule has 1 aliphatic heterocycles. The van der Waals surface area contributed by atoms with Crippen molar-refractivity contribution < 1.29 is 14.3 Å². The number of piperidine rings is 1. The monoisotopic (exact) mass is 297 g/mol. The van der Waals surface area contributed by atoms with Gasteiger partial charge < -0.3 is 14.4 Å². The number of rotatable bonds is 6. The summed E-state index contributed by atoms with van der Waals surface area (Å²) in [6.45, 7) is 1.61. The van der Waals surface area contributed by atoms with Crippen molar-refractivity contribution in [3.05, 3.63) is 22.4 Å². The fraction of sp³-hybridized carbons (Fsp3) is 0.667. The maximum absolute atomic E-state index is 12.1. The largest absolute Gasteiger partial charge is 0.447 e. The molecule has 1 atom stereocenters. The van der Waals surface area contributed by atoms with E-state index in [4.69, 9.17) is 9.47 Å². The summed E-state index contributed by atoms with van der Waals surface area (Å²) in [6, 6.07) is 4.56. The second-order valence-corrected chi connectivity index (χ2v) is 6.10. The molecule has 0 aromatic carbocycles. The highest BCUT2D eigenvalue weighted by atomic mass is 32.1. The van der Waals surface area contributed by atoms with Crippen molar-refractivity contribution in [3.63, 3.8) is 0 Å². The molecule has 0 unspecified atom stereocenters. The molecule has 0 radical (unpaired) electrons. The van der Waals surface area contributed by atoms with Crippen molar-refractivity contribution >= 4 is 17.4 Å². The maximum atomic E-state index is 12.1. The highest BCUT2D eigenvalue weighted by Gasteiger charge is 2.27. The number of likely N-dealkylation sites (tertiary alicyclic amines) is 1. The molecule has 1 aromatic heterocycles. The SMILES string of the molecule is COCCOC(=O)N1CCCC[C@H]1CCc1cccs1. The van der Waals surface area contributed by atoms with Crippen LogP contribution in [0.4, 0.5) is 4.79 Å². The van der Waals surface area contributed by atoms with Crippen LogP contribution in [0.5, 0.6) is 0 Å². The Balaban J connectivity index is 1.82. The van der Waals surface area contributed by atoms with Crippen molar-refractivity contribution in [2.24, 2.45) is 0 Å². The predicted octanol–water partition coefficient (Wildman–Crippen LogP) is 3.32. The summed E-state index contributed by atoms with van der Waals surface area (Å²) >= 11 is 1.79. The zero-order valence-electron chi connectivity index (χ0n) is 12.0. The standard InChI is InChI=1S/C15H23NO3S/c1-18-10-11-19-15(17)16-9-3-2-5-13(16)7-8-14-6-4-12-20-14/h4,6,12-13H,2-3,5,7-11H2,1H3/t13-/m0/s1. The zero-order chi connectivity index (χ0) is 14.2. The molecule has 1 aliphatic rings. The van der Waals surface area contributed by atoms with E-state index in [-0.39, 0.29) is 6.09 Å². The summed E-state index contributed by atoms with van der Waals surface area (Å²) in [5.74, 6) is 0. The van der Waals surface area contributed by atoms with Crippen LogP contribution in [0.25, 0.3) is 0 Å². The molecular formula is C15H23NO3S. The predicted molar refractivity (Wildman–Crippen MR) is 80.2 cm³/mol. The second-order valence-electron chi connectivity index (χ2n) is 5.07. The van der Waals surface area contributed by atoms with E-state index in [0.29, 0.717) is 19.3 Å². The summed E-state index contributed by atoms with van der Waals surface area (Å²) in [5, 5.41) is 2.10. The minimum absolute atomic E-state index is 0.182. The molecule has 1 amide bonds. The lowest BCUT2D eigenvalue weighted by Crippen LogP contribution is -2.44. The van der Waals surface area contributed by atoms with Gasteiger partial charge in [-0.2, -0.15) is 0 Å². The molecule has 1 aromatic rings. The van der Waals surface area contributed by atoms with Crippen LogP contribution in [-0.4, -0.2) is 43.9 Å². The molecular weight excluding hydrogens is 274 g/mol. The van der Waals surface area contributed by atoms with E-state index in [1.807, 2.05) is 4.90 Å². The van der Waals surface area contributed by atoms with E-state index in [1.165, 1.54) is 11.3 Å². The van der Waals surface area contributed by atoms with Gasteiger partial charge >= 0.3 is 6.09 Å². The van der Waals surface area contributed by atoms with E-state index in [2.05, 4.69) is 17.5 Å². The van der Waals surface area contributed by atoms with Crippen LogP contribution < -0.4 is 0 Å². The van der Waals surface area contributed by atoms with Gasteiger partial charge in [0.05, 0.1) is 6.61 Å². The lowest BCUT2D eigenvalue weighted by Gasteiger charge is -2.35. The number of hydrogen-bond acceptors (Lipinski definition) is 4. The number of carbonyl (C=O) groups excluding carboxylic acids is 1. The number of methoxy groups -OCH3 is 1. The zero-order valence-corrected chi connectivity index (χ0v) is 12.9. The third-order valence-electron chi connectivity index (χ3n) is 3.68. The Morgan fingerprint density at radius 2 is 2.35 bits per heavy atom. The minimum Gasteiger partial charge on any atom is -0.447 e. The number of carbonyl (C=O) groups is 1. The molecule has 0 bridgehead atoms. The van der Waals surface area contributed by atoms with Gasteiger partial charge in [0.2, 0.25) is 0 Å². The lowest BCUT2D eigenvalue weighted by atomic mass is 9.98. The van der Waals surface area contributed by atoms with Crippen LogP contribution >= 0.6 is 11.3 Å². The van der Waals surface area contributed by atoms with Gasteiger partial charge in [-0.3, -0.25) is 0 Å². The van der Waals surface area contributed by atoms with Crippen molar-refractivity contribution in [2.45, 2.75) is 38.1 Å². The van der Waals surface area contributed by atoms with Crippen LogP contribution in [0.2, 0.25) is 0 Å². The Morgan fingerprint density at radius 1 is 1.45 bits per heavy atom. The smallest absolute Gasteiger partial charge is 0.410 e. The molecule has 1 fully saturated rings. The van der Waals surface area contributed by atoms with Crippen LogP contribution in [0, 0.1) is 0 Å². The lowest BCUT2D eigenvalue weighted by molar-refractivity contribution is 0.0511. The van der Waals surface area contributed by atoms with Gasteiger partial charge in [0.15, 0.2) is 0 Å². The van der Waals surface area contributed by atoms with Gasteiger partial charge in [0.25, 0.3) is 0 Å². The van der Waals surface area contributed by atoms with Crippen molar-refractivity contribution in [2.75, 3.05) is 26.9 Å². The van der Waals surface area contributed by atoms with Gasteiger partial charge in [0, 0.05) is 24.6 Å². The molecule has 2 heterocycles. The van der Waals surface area contributed by atoms with E-state index < -0.39 is 0 Å². The van der Waals surface area contributed by atoms with Gasteiger partial charge in [-0.1, -0.05) is 6.07 Å². The summed E-state index contributed by atoms with van der Waals surface area (Å²) in [5.41, 5.74) is 0. The average molecular weight is 297 g/mol. The first-order valence-corrected chi connectivity index (χ1v) is 8.14. The van der Waals surface area contributed by atoms with E-state index in [9.17, 15) is 4.79 Å². The molecule has 2 rings (SSSR count). The maximum Gasteiger partial charge on any atom is 0.410 e. The van der Waals surface area contributed by atoms with E-state index in [1.54, 1.807) is 18.4 Å². The van der Waals surface area contributed by atoms with Crippen LogP contribution in [0.15, 0.2) is 17.5 Å². The molecule has 4 nitrogen and oxygen atoms in total. The Bertz CT molecular complexity index is 394. The molecule has 1 saturated heterocycles. The van der Waals surface area contributed by atoms with Gasteiger partial charge in [-0.25, -0.2) is 4.79 Å². The highest BCUT2D eigenvalue weighted by molar-refractivity contribution is 7.09. The second kappa shape index (κ2) is 8.27. The van der Waals surface area contributed by atoms with Gasteiger partial charge in [-0.15, -0.1) is 11.3 Å². The highest BCUT2D eigenvalue weighted by Crippen LogP contribution is 2.23. The Hall–Kier alpha value is -1.07. The van der Waals surface area contributed by atoms with E-state index in [0.717, 1.165) is 32.2 Å². The number of aryl methyl sites for hydroxylation is 1. The van der Waals surface area contributed by atoms with Crippen molar-refractivity contribution in [1.29, 1.82) is 0 Å². The Kier molecular flexibility index (Phi) is 6.33. The number of thiophene rings is 1. The normalized spacial score (nSPS) is 19.1. The molecule has 0 N–H and O–H groups in total. The molecule has 20 heavy (non-hydrogen) atoms. The minimum atomic E-state index is -0.182. The fourth-order valence-corrected chi connectivity index (χ4v) is 3.32. The van der Waals surface area contributed by atoms with Crippen molar-refractivity contribution in [3.8, 4) is 0 Å². The first-order chi connectivity index (χ1) is 9.81. The number of amides is 1.